The molecule has 0 radical (unpaired) electrons. The SMILES string of the molecule is NCc1nc(C2CCCCC2)co1. The maximum atomic E-state index is 5.44. The Balaban J connectivity index is 2.05. The average molecular weight is 180 g/mol. The molecule has 72 valence electrons. The highest BCUT2D eigenvalue weighted by Crippen LogP contribution is 2.31. The fraction of sp³-hybridized carbons (Fsp3) is 0.700. The molecule has 13 heavy (non-hydrogen) atoms. The van der Waals surface area contributed by atoms with Crippen LogP contribution in [0, 0.1) is 0 Å². The molecule has 0 unspecified atom stereocenters. The average Bonchev–Trinajstić information content (AvgIpc) is 2.67. The van der Waals surface area contributed by atoms with E-state index in [0.29, 0.717) is 18.4 Å². The highest BCUT2D eigenvalue weighted by molar-refractivity contribution is 5.05. The van der Waals surface area contributed by atoms with Crippen LogP contribution in [0.1, 0.15) is 49.6 Å². The van der Waals surface area contributed by atoms with Gasteiger partial charge in [0.1, 0.15) is 6.26 Å². The van der Waals surface area contributed by atoms with Gasteiger partial charge in [-0.15, -0.1) is 0 Å². The van der Waals surface area contributed by atoms with Gasteiger partial charge in [-0.05, 0) is 12.8 Å². The Labute approximate surface area is 78.3 Å². The minimum Gasteiger partial charge on any atom is -0.447 e. The first-order valence-corrected chi connectivity index (χ1v) is 5.04. The van der Waals surface area contributed by atoms with E-state index < -0.39 is 0 Å². The van der Waals surface area contributed by atoms with Crippen molar-refractivity contribution in [3.05, 3.63) is 17.8 Å². The summed E-state index contributed by atoms with van der Waals surface area (Å²) < 4.78 is 5.23. The zero-order valence-corrected chi connectivity index (χ0v) is 7.83. The molecule has 0 atom stereocenters. The van der Waals surface area contributed by atoms with Gasteiger partial charge in [0.2, 0.25) is 5.89 Å². The maximum Gasteiger partial charge on any atom is 0.207 e. The lowest BCUT2D eigenvalue weighted by atomic mass is 9.87. The van der Waals surface area contributed by atoms with Gasteiger partial charge in [0, 0.05) is 5.92 Å². The molecule has 0 bridgehead atoms. The topological polar surface area (TPSA) is 52.0 Å². The Morgan fingerprint density at radius 1 is 1.38 bits per heavy atom. The Bertz CT molecular complexity index is 264. The number of nitrogens with two attached hydrogens (primary N) is 1. The second-order valence-electron chi connectivity index (χ2n) is 3.71. The second-order valence-corrected chi connectivity index (χ2v) is 3.71. The molecule has 1 heterocycles. The van der Waals surface area contributed by atoms with Crippen molar-refractivity contribution in [2.45, 2.75) is 44.6 Å². The first kappa shape index (κ1) is 8.75. The molecule has 2 N–H and O–H groups in total. The van der Waals surface area contributed by atoms with Crippen LogP contribution in [0.4, 0.5) is 0 Å². The van der Waals surface area contributed by atoms with E-state index in [0.717, 1.165) is 5.69 Å². The molecule has 0 saturated heterocycles. The van der Waals surface area contributed by atoms with Crippen LogP contribution in [0.3, 0.4) is 0 Å². The molecule has 0 spiro atoms. The monoisotopic (exact) mass is 180 g/mol. The van der Waals surface area contributed by atoms with Crippen molar-refractivity contribution in [1.29, 1.82) is 0 Å². The molecular weight excluding hydrogens is 164 g/mol. The first-order valence-electron chi connectivity index (χ1n) is 5.04. The van der Waals surface area contributed by atoms with Crippen molar-refractivity contribution in [1.82, 2.24) is 4.98 Å². The van der Waals surface area contributed by atoms with E-state index in [1.165, 1.54) is 32.1 Å². The molecule has 1 aromatic rings. The van der Waals surface area contributed by atoms with Gasteiger partial charge < -0.3 is 10.2 Å². The van der Waals surface area contributed by atoms with Crippen LogP contribution in [0.15, 0.2) is 10.7 Å². The summed E-state index contributed by atoms with van der Waals surface area (Å²) in [5.41, 5.74) is 6.55. The predicted octanol–water partition coefficient (Wildman–Crippen LogP) is 2.18. The molecule has 1 aliphatic rings. The number of nitrogens with zero attached hydrogens (tertiary/aromatic N) is 1. The van der Waals surface area contributed by atoms with Crippen molar-refractivity contribution in [3.63, 3.8) is 0 Å². The molecular formula is C10H16N2O. The summed E-state index contributed by atoms with van der Waals surface area (Å²) in [6.45, 7) is 0.409. The summed E-state index contributed by atoms with van der Waals surface area (Å²) in [6.07, 6.45) is 8.33. The van der Waals surface area contributed by atoms with Crippen LogP contribution in [-0.4, -0.2) is 4.98 Å². The predicted molar refractivity (Wildman–Crippen MR) is 50.2 cm³/mol. The fourth-order valence-corrected chi connectivity index (χ4v) is 2.00. The summed E-state index contributed by atoms with van der Waals surface area (Å²) in [5, 5.41) is 0. The quantitative estimate of drug-likeness (QED) is 0.759. The molecule has 3 heteroatoms. The molecule has 1 fully saturated rings. The van der Waals surface area contributed by atoms with Gasteiger partial charge in [-0.3, -0.25) is 0 Å². The summed E-state index contributed by atoms with van der Waals surface area (Å²) in [6, 6.07) is 0. The first-order chi connectivity index (χ1) is 6.40. The maximum absolute atomic E-state index is 5.44. The van der Waals surface area contributed by atoms with Crippen molar-refractivity contribution < 1.29 is 4.42 Å². The molecule has 0 aromatic carbocycles. The summed E-state index contributed by atoms with van der Waals surface area (Å²) in [4.78, 5) is 4.36. The second kappa shape index (κ2) is 3.92. The standard InChI is InChI=1S/C10H16N2O/c11-6-10-12-9(7-13-10)8-4-2-1-3-5-8/h7-8H,1-6,11H2. The van der Waals surface area contributed by atoms with Crippen molar-refractivity contribution in [3.8, 4) is 0 Å². The third-order valence-electron chi connectivity index (χ3n) is 2.77. The van der Waals surface area contributed by atoms with E-state index in [1.807, 2.05) is 0 Å². The van der Waals surface area contributed by atoms with Gasteiger partial charge in [-0.2, -0.15) is 0 Å². The third-order valence-corrected chi connectivity index (χ3v) is 2.77. The fourth-order valence-electron chi connectivity index (χ4n) is 2.00. The lowest BCUT2D eigenvalue weighted by Gasteiger charge is -2.18. The number of hydrogen-bond donors (Lipinski definition) is 1. The largest absolute Gasteiger partial charge is 0.447 e. The van der Waals surface area contributed by atoms with Gasteiger partial charge in [0.25, 0.3) is 0 Å². The van der Waals surface area contributed by atoms with Gasteiger partial charge in [0.15, 0.2) is 0 Å². The van der Waals surface area contributed by atoms with Gasteiger partial charge in [-0.1, -0.05) is 19.3 Å². The zero-order valence-electron chi connectivity index (χ0n) is 7.83. The minimum absolute atomic E-state index is 0.409. The summed E-state index contributed by atoms with van der Waals surface area (Å²) in [7, 11) is 0. The lowest BCUT2D eigenvalue weighted by molar-refractivity contribution is 0.435. The smallest absolute Gasteiger partial charge is 0.207 e. The van der Waals surface area contributed by atoms with Gasteiger partial charge in [0.05, 0.1) is 12.2 Å². The van der Waals surface area contributed by atoms with E-state index in [-0.39, 0.29) is 0 Å². The Morgan fingerprint density at radius 2 is 2.15 bits per heavy atom. The summed E-state index contributed by atoms with van der Waals surface area (Å²) >= 11 is 0. The van der Waals surface area contributed by atoms with Crippen LogP contribution >= 0.6 is 0 Å². The van der Waals surface area contributed by atoms with Crippen LogP contribution in [-0.2, 0) is 6.54 Å². The summed E-state index contributed by atoms with van der Waals surface area (Å²) in [5.74, 6) is 1.29. The van der Waals surface area contributed by atoms with Crippen LogP contribution in [0.5, 0.6) is 0 Å². The molecule has 2 rings (SSSR count). The van der Waals surface area contributed by atoms with E-state index in [4.69, 9.17) is 10.2 Å². The molecule has 1 saturated carbocycles. The molecule has 0 amide bonds. The molecule has 0 aliphatic heterocycles. The number of rotatable bonds is 2. The van der Waals surface area contributed by atoms with E-state index >= 15 is 0 Å². The Kier molecular flexibility index (Phi) is 2.64. The third kappa shape index (κ3) is 1.91. The van der Waals surface area contributed by atoms with E-state index in [9.17, 15) is 0 Å². The zero-order chi connectivity index (χ0) is 9.10. The van der Waals surface area contributed by atoms with E-state index in [1.54, 1.807) is 6.26 Å². The van der Waals surface area contributed by atoms with Crippen LogP contribution < -0.4 is 5.73 Å². The highest BCUT2D eigenvalue weighted by Gasteiger charge is 2.18. The van der Waals surface area contributed by atoms with E-state index in [2.05, 4.69) is 4.98 Å². The van der Waals surface area contributed by atoms with Crippen molar-refractivity contribution >= 4 is 0 Å². The normalized spacial score (nSPS) is 19.2. The van der Waals surface area contributed by atoms with Gasteiger partial charge in [-0.25, -0.2) is 4.98 Å². The molecule has 1 aromatic heterocycles. The highest BCUT2D eigenvalue weighted by atomic mass is 16.3. The number of hydrogen-bond acceptors (Lipinski definition) is 3. The van der Waals surface area contributed by atoms with Crippen molar-refractivity contribution in [2.24, 2.45) is 5.73 Å². The van der Waals surface area contributed by atoms with Crippen LogP contribution in [0.2, 0.25) is 0 Å². The Morgan fingerprint density at radius 3 is 2.77 bits per heavy atom. The lowest BCUT2D eigenvalue weighted by Crippen LogP contribution is -2.05. The number of oxazole rings is 1. The minimum atomic E-state index is 0.409. The van der Waals surface area contributed by atoms with Crippen molar-refractivity contribution in [2.75, 3.05) is 0 Å². The number of aromatic nitrogens is 1. The van der Waals surface area contributed by atoms with Gasteiger partial charge >= 0.3 is 0 Å². The Hall–Kier alpha value is -0.830. The van der Waals surface area contributed by atoms with Crippen LogP contribution in [0.25, 0.3) is 0 Å². The molecule has 3 nitrogen and oxygen atoms in total. The molecule has 1 aliphatic carbocycles.